The van der Waals surface area contributed by atoms with Crippen LogP contribution in [0.5, 0.6) is 0 Å². The van der Waals surface area contributed by atoms with Crippen molar-refractivity contribution < 1.29 is 9.53 Å². The van der Waals surface area contributed by atoms with E-state index in [1.54, 1.807) is 0 Å². The molecule has 1 fully saturated rings. The third-order valence-electron chi connectivity index (χ3n) is 2.34. The molecule has 1 heterocycles. The topological polar surface area (TPSA) is 38.3 Å². The lowest BCUT2D eigenvalue weighted by molar-refractivity contribution is -0.00348. The van der Waals surface area contributed by atoms with Crippen LogP contribution in [0, 0.1) is 10.5 Å². The molecule has 80 valence electrons. The molecule has 1 N–H and O–H groups in total. The zero-order valence-corrected chi connectivity index (χ0v) is 10.6. The highest BCUT2D eigenvalue weighted by Crippen LogP contribution is 2.14. The fraction of sp³-hybridized carbons (Fsp3) is 0.364. The first-order valence-corrected chi connectivity index (χ1v) is 5.89. The Morgan fingerprint density at radius 3 is 2.87 bits per heavy atom. The van der Waals surface area contributed by atoms with Crippen LogP contribution >= 0.6 is 22.6 Å². The molecule has 2 rings (SSSR count). The number of carbonyl (C=O) groups excluding carboxylic acids is 1. The summed E-state index contributed by atoms with van der Waals surface area (Å²) >= 11 is 2.18. The van der Waals surface area contributed by atoms with Crippen LogP contribution < -0.4 is 5.32 Å². The summed E-state index contributed by atoms with van der Waals surface area (Å²) in [5.74, 6) is -0.00333. The van der Waals surface area contributed by atoms with E-state index in [4.69, 9.17) is 4.74 Å². The van der Waals surface area contributed by atoms with Crippen molar-refractivity contribution in [3.05, 3.63) is 32.9 Å². The van der Waals surface area contributed by atoms with E-state index in [1.807, 2.05) is 25.1 Å². The van der Waals surface area contributed by atoms with E-state index in [9.17, 15) is 4.79 Å². The van der Waals surface area contributed by atoms with Gasteiger partial charge < -0.3 is 10.1 Å². The van der Waals surface area contributed by atoms with Gasteiger partial charge in [0.15, 0.2) is 0 Å². The molecule has 0 spiro atoms. The van der Waals surface area contributed by atoms with Crippen LogP contribution in [0.1, 0.15) is 15.9 Å². The average Bonchev–Trinajstić information content (AvgIpc) is 2.15. The van der Waals surface area contributed by atoms with Gasteiger partial charge >= 0.3 is 0 Å². The van der Waals surface area contributed by atoms with Crippen molar-refractivity contribution in [1.29, 1.82) is 0 Å². The first-order chi connectivity index (χ1) is 7.16. The van der Waals surface area contributed by atoms with Gasteiger partial charge in [0.05, 0.1) is 24.8 Å². The first-order valence-electron chi connectivity index (χ1n) is 4.81. The van der Waals surface area contributed by atoms with E-state index in [2.05, 4.69) is 27.9 Å². The molecular formula is C11H12INO2. The maximum Gasteiger partial charge on any atom is 0.252 e. The lowest BCUT2D eigenvalue weighted by Gasteiger charge is -2.27. The average molecular weight is 317 g/mol. The molecule has 0 aliphatic carbocycles. The molecule has 4 heteroatoms. The zero-order valence-electron chi connectivity index (χ0n) is 8.42. The van der Waals surface area contributed by atoms with Crippen molar-refractivity contribution in [3.8, 4) is 0 Å². The van der Waals surface area contributed by atoms with Crippen molar-refractivity contribution in [3.63, 3.8) is 0 Å². The quantitative estimate of drug-likeness (QED) is 0.844. The number of amides is 1. The number of aryl methyl sites for hydroxylation is 1. The van der Waals surface area contributed by atoms with Crippen LogP contribution in [0.25, 0.3) is 0 Å². The fourth-order valence-corrected chi connectivity index (χ4v) is 1.98. The Balaban J connectivity index is 2.12. The summed E-state index contributed by atoms with van der Waals surface area (Å²) in [5, 5.41) is 2.93. The van der Waals surface area contributed by atoms with Gasteiger partial charge in [-0.3, -0.25) is 4.79 Å². The maximum atomic E-state index is 11.8. The highest BCUT2D eigenvalue weighted by molar-refractivity contribution is 14.1. The third-order valence-corrected chi connectivity index (χ3v) is 3.28. The van der Waals surface area contributed by atoms with Gasteiger partial charge in [-0.25, -0.2) is 0 Å². The Bertz CT molecular complexity index is 388. The summed E-state index contributed by atoms with van der Waals surface area (Å²) in [7, 11) is 0. The van der Waals surface area contributed by atoms with Crippen molar-refractivity contribution in [2.24, 2.45) is 0 Å². The van der Waals surface area contributed by atoms with Crippen molar-refractivity contribution >= 4 is 28.5 Å². The molecule has 0 saturated carbocycles. The summed E-state index contributed by atoms with van der Waals surface area (Å²) in [6, 6.07) is 6.07. The fourth-order valence-electron chi connectivity index (χ4n) is 1.40. The Labute approximate surface area is 102 Å². The van der Waals surface area contributed by atoms with Crippen molar-refractivity contribution in [1.82, 2.24) is 5.32 Å². The number of benzene rings is 1. The predicted octanol–water partition coefficient (Wildman–Crippen LogP) is 1.73. The van der Waals surface area contributed by atoms with E-state index in [0.29, 0.717) is 13.2 Å². The van der Waals surface area contributed by atoms with Crippen LogP contribution in [-0.4, -0.2) is 25.2 Å². The molecule has 0 unspecified atom stereocenters. The van der Waals surface area contributed by atoms with Crippen LogP contribution in [0.3, 0.4) is 0 Å². The normalized spacial score (nSPS) is 15.9. The Morgan fingerprint density at radius 2 is 2.27 bits per heavy atom. The third kappa shape index (κ3) is 2.49. The van der Waals surface area contributed by atoms with Crippen LogP contribution in [0.2, 0.25) is 0 Å². The summed E-state index contributed by atoms with van der Waals surface area (Å²) in [6.45, 7) is 3.25. The van der Waals surface area contributed by atoms with Gasteiger partial charge in [0.25, 0.3) is 5.91 Å². The lowest BCUT2D eigenvalue weighted by atomic mass is 10.1. The Hall–Kier alpha value is -0.620. The van der Waals surface area contributed by atoms with E-state index < -0.39 is 0 Å². The monoisotopic (exact) mass is 317 g/mol. The largest absolute Gasteiger partial charge is 0.377 e. The molecule has 15 heavy (non-hydrogen) atoms. The van der Waals surface area contributed by atoms with Gasteiger partial charge in [0.2, 0.25) is 0 Å². The molecule has 0 bridgehead atoms. The molecule has 1 amide bonds. The van der Waals surface area contributed by atoms with Crippen molar-refractivity contribution in [2.75, 3.05) is 13.2 Å². The summed E-state index contributed by atoms with van der Waals surface area (Å²) < 4.78 is 5.99. The molecule has 1 aromatic carbocycles. The molecule has 1 aromatic rings. The minimum Gasteiger partial charge on any atom is -0.377 e. The lowest BCUT2D eigenvalue weighted by Crippen LogP contribution is -2.48. The Kier molecular flexibility index (Phi) is 3.25. The number of hydrogen-bond donors (Lipinski definition) is 1. The maximum absolute atomic E-state index is 11.8. The highest BCUT2D eigenvalue weighted by atomic mass is 127. The van der Waals surface area contributed by atoms with E-state index in [-0.39, 0.29) is 11.9 Å². The second-order valence-corrected chi connectivity index (χ2v) is 4.85. The predicted molar refractivity (Wildman–Crippen MR) is 66.0 cm³/mol. The summed E-state index contributed by atoms with van der Waals surface area (Å²) in [5.41, 5.74) is 1.85. The number of nitrogens with one attached hydrogen (secondary N) is 1. The summed E-state index contributed by atoms with van der Waals surface area (Å²) in [4.78, 5) is 11.8. The smallest absolute Gasteiger partial charge is 0.252 e. The van der Waals surface area contributed by atoms with Gasteiger partial charge in [-0.05, 0) is 41.6 Å². The van der Waals surface area contributed by atoms with Crippen LogP contribution in [-0.2, 0) is 4.74 Å². The van der Waals surface area contributed by atoms with Crippen LogP contribution in [0.15, 0.2) is 18.2 Å². The van der Waals surface area contributed by atoms with E-state index in [0.717, 1.165) is 14.7 Å². The molecule has 1 aliphatic heterocycles. The molecule has 1 saturated heterocycles. The van der Waals surface area contributed by atoms with Crippen LogP contribution in [0.4, 0.5) is 0 Å². The molecular weight excluding hydrogens is 305 g/mol. The van der Waals surface area contributed by atoms with E-state index in [1.165, 1.54) is 0 Å². The zero-order chi connectivity index (χ0) is 10.8. The number of hydrogen-bond acceptors (Lipinski definition) is 2. The van der Waals surface area contributed by atoms with Gasteiger partial charge in [0.1, 0.15) is 0 Å². The molecule has 1 aliphatic rings. The molecule has 0 radical (unpaired) electrons. The number of carbonyl (C=O) groups is 1. The molecule has 0 atom stereocenters. The minimum absolute atomic E-state index is 0.00333. The second-order valence-electron chi connectivity index (χ2n) is 3.69. The van der Waals surface area contributed by atoms with Crippen molar-refractivity contribution in [2.45, 2.75) is 13.0 Å². The van der Waals surface area contributed by atoms with Gasteiger partial charge in [-0.2, -0.15) is 0 Å². The molecule has 0 aromatic heterocycles. The van der Waals surface area contributed by atoms with Gasteiger partial charge in [0, 0.05) is 3.57 Å². The Morgan fingerprint density at radius 1 is 1.53 bits per heavy atom. The van der Waals surface area contributed by atoms with Gasteiger partial charge in [-0.15, -0.1) is 0 Å². The van der Waals surface area contributed by atoms with Gasteiger partial charge in [-0.1, -0.05) is 11.6 Å². The summed E-state index contributed by atoms with van der Waals surface area (Å²) in [6.07, 6.45) is 0. The minimum atomic E-state index is -0.00333. The standard InChI is InChI=1S/C11H12INO2/c1-7-2-3-10(12)9(4-7)11(14)13-8-5-15-6-8/h2-4,8H,5-6H2,1H3,(H,13,14). The molecule has 3 nitrogen and oxygen atoms in total. The SMILES string of the molecule is Cc1ccc(I)c(C(=O)NC2COC2)c1. The van der Waals surface area contributed by atoms with E-state index >= 15 is 0 Å². The number of halogens is 1. The highest BCUT2D eigenvalue weighted by Gasteiger charge is 2.21. The second kappa shape index (κ2) is 4.49. The number of ether oxygens (including phenoxy) is 1. The number of rotatable bonds is 2. The first kappa shape index (κ1) is 10.9.